The number of ether oxygens (including phenoxy) is 1. The van der Waals surface area contributed by atoms with Gasteiger partial charge in [0.2, 0.25) is 5.91 Å². The molecule has 1 aliphatic carbocycles. The molecule has 6 heteroatoms. The van der Waals surface area contributed by atoms with Crippen molar-refractivity contribution >= 4 is 11.8 Å². The van der Waals surface area contributed by atoms with Crippen molar-refractivity contribution in [2.45, 2.75) is 71.5 Å². The Morgan fingerprint density at radius 3 is 2.33 bits per heavy atom. The molecular weight excluding hydrogens is 486 g/mol. The van der Waals surface area contributed by atoms with Crippen LogP contribution in [0.4, 0.5) is 0 Å². The summed E-state index contributed by atoms with van der Waals surface area (Å²) in [6.45, 7) is 6.26. The van der Waals surface area contributed by atoms with Crippen LogP contribution in [0.1, 0.15) is 74.0 Å². The van der Waals surface area contributed by atoms with E-state index in [0.29, 0.717) is 30.3 Å². The third-order valence-corrected chi connectivity index (χ3v) is 7.71. The summed E-state index contributed by atoms with van der Waals surface area (Å²) in [5.41, 5.74) is 2.93. The van der Waals surface area contributed by atoms with Gasteiger partial charge in [-0.3, -0.25) is 9.59 Å². The third kappa shape index (κ3) is 7.98. The number of amides is 2. The quantitative estimate of drug-likeness (QED) is 0.273. The van der Waals surface area contributed by atoms with E-state index in [1.165, 1.54) is 12.0 Å². The fourth-order valence-corrected chi connectivity index (χ4v) is 5.35. The second-order valence-corrected chi connectivity index (χ2v) is 11.1. The average Bonchev–Trinajstić information content (AvgIpc) is 3.40. The number of benzene rings is 2. The van der Waals surface area contributed by atoms with Crippen LogP contribution in [0.3, 0.4) is 0 Å². The highest BCUT2D eigenvalue weighted by atomic mass is 16.5. The van der Waals surface area contributed by atoms with Gasteiger partial charge in [0.25, 0.3) is 5.91 Å². The lowest BCUT2D eigenvalue weighted by Crippen LogP contribution is -2.48. The summed E-state index contributed by atoms with van der Waals surface area (Å²) in [7, 11) is 1.61. The maximum absolute atomic E-state index is 14.0. The Labute approximate surface area is 233 Å². The van der Waals surface area contributed by atoms with E-state index in [1.54, 1.807) is 36.3 Å². The first-order valence-electron chi connectivity index (χ1n) is 14.4. The van der Waals surface area contributed by atoms with Gasteiger partial charge < -0.3 is 19.1 Å². The zero-order chi connectivity index (χ0) is 27.6. The van der Waals surface area contributed by atoms with Crippen molar-refractivity contribution in [1.82, 2.24) is 14.4 Å². The van der Waals surface area contributed by atoms with Crippen LogP contribution in [-0.4, -0.2) is 52.4 Å². The standard InChI is InChI=1S/C33H43N3O3/c1-26(2)20-22-35(33(38)28-16-18-31(39-3)19-17-28)25-32(37)36(29-13-8-5-9-14-29)24-30-15-10-21-34(30)23-27-11-6-4-7-12-27/h4,6-7,10-12,15-19,21,26,29H,5,8-9,13-14,20,22-25H2,1-3H3. The monoisotopic (exact) mass is 529 g/mol. The molecule has 1 fully saturated rings. The van der Waals surface area contributed by atoms with E-state index in [2.05, 4.69) is 65.9 Å². The lowest BCUT2D eigenvalue weighted by atomic mass is 9.94. The lowest BCUT2D eigenvalue weighted by molar-refractivity contribution is -0.135. The molecular formula is C33H43N3O3. The summed E-state index contributed by atoms with van der Waals surface area (Å²) in [5.74, 6) is 1.06. The Morgan fingerprint density at radius 2 is 1.67 bits per heavy atom. The Bertz CT molecular complexity index is 1180. The molecule has 0 bridgehead atoms. The minimum absolute atomic E-state index is 0.0278. The number of carbonyl (C=O) groups is 2. The van der Waals surface area contributed by atoms with Crippen molar-refractivity contribution in [2.24, 2.45) is 5.92 Å². The first-order chi connectivity index (χ1) is 18.9. The Hall–Kier alpha value is -3.54. The van der Waals surface area contributed by atoms with E-state index in [-0.39, 0.29) is 24.4 Å². The smallest absolute Gasteiger partial charge is 0.254 e. The SMILES string of the molecule is COc1ccc(C(=O)N(CCC(C)C)CC(=O)N(Cc2cccn2Cc2ccccc2)C2CCCCC2)cc1. The van der Waals surface area contributed by atoms with Crippen molar-refractivity contribution in [2.75, 3.05) is 20.2 Å². The van der Waals surface area contributed by atoms with E-state index >= 15 is 0 Å². The first-order valence-corrected chi connectivity index (χ1v) is 14.4. The molecule has 2 aromatic carbocycles. The topological polar surface area (TPSA) is 54.8 Å². The lowest BCUT2D eigenvalue weighted by Gasteiger charge is -2.36. The molecule has 1 heterocycles. The number of nitrogens with zero attached hydrogens (tertiary/aromatic N) is 3. The molecule has 3 aromatic rings. The number of hydrogen-bond acceptors (Lipinski definition) is 3. The number of rotatable bonds is 12. The largest absolute Gasteiger partial charge is 0.497 e. The fraction of sp³-hybridized carbons (Fsp3) is 0.455. The summed E-state index contributed by atoms with van der Waals surface area (Å²) in [5, 5.41) is 0. The van der Waals surface area contributed by atoms with Crippen molar-refractivity contribution in [3.63, 3.8) is 0 Å². The fourth-order valence-electron chi connectivity index (χ4n) is 5.35. The zero-order valence-electron chi connectivity index (χ0n) is 23.7. The van der Waals surface area contributed by atoms with Gasteiger partial charge in [0.15, 0.2) is 0 Å². The van der Waals surface area contributed by atoms with Gasteiger partial charge >= 0.3 is 0 Å². The highest BCUT2D eigenvalue weighted by Crippen LogP contribution is 2.25. The van der Waals surface area contributed by atoms with Gasteiger partial charge in [0, 0.05) is 36.6 Å². The molecule has 0 unspecified atom stereocenters. The predicted octanol–water partition coefficient (Wildman–Crippen LogP) is 6.39. The van der Waals surface area contributed by atoms with E-state index in [9.17, 15) is 9.59 Å². The van der Waals surface area contributed by atoms with Gasteiger partial charge in [-0.15, -0.1) is 0 Å². The van der Waals surface area contributed by atoms with Crippen LogP contribution in [0.25, 0.3) is 0 Å². The van der Waals surface area contributed by atoms with Crippen LogP contribution in [0.15, 0.2) is 72.9 Å². The number of aromatic nitrogens is 1. The maximum Gasteiger partial charge on any atom is 0.254 e. The molecule has 1 saturated carbocycles. The summed E-state index contributed by atoms with van der Waals surface area (Å²) < 4.78 is 7.49. The van der Waals surface area contributed by atoms with Crippen molar-refractivity contribution in [1.29, 1.82) is 0 Å². The molecule has 0 atom stereocenters. The van der Waals surface area contributed by atoms with Crippen LogP contribution < -0.4 is 4.74 Å². The van der Waals surface area contributed by atoms with Crippen LogP contribution in [0.5, 0.6) is 5.75 Å². The van der Waals surface area contributed by atoms with Crippen molar-refractivity contribution in [3.05, 3.63) is 89.7 Å². The third-order valence-electron chi connectivity index (χ3n) is 7.71. The number of carbonyl (C=O) groups excluding carboxylic acids is 2. The second kappa shape index (κ2) is 14.0. The van der Waals surface area contributed by atoms with Gasteiger partial charge in [-0.05, 0) is 67.1 Å². The van der Waals surface area contributed by atoms with Crippen LogP contribution in [0, 0.1) is 5.92 Å². The normalized spacial score (nSPS) is 13.8. The highest BCUT2D eigenvalue weighted by Gasteiger charge is 2.29. The molecule has 0 N–H and O–H groups in total. The summed E-state index contributed by atoms with van der Waals surface area (Å²) in [6.07, 6.45) is 8.47. The molecule has 0 saturated heterocycles. The molecule has 6 nitrogen and oxygen atoms in total. The average molecular weight is 530 g/mol. The molecule has 2 amide bonds. The van der Waals surface area contributed by atoms with Crippen LogP contribution >= 0.6 is 0 Å². The van der Waals surface area contributed by atoms with Gasteiger partial charge in [-0.1, -0.05) is 63.4 Å². The number of methoxy groups -OCH3 is 1. The van der Waals surface area contributed by atoms with E-state index < -0.39 is 0 Å². The summed E-state index contributed by atoms with van der Waals surface area (Å²) in [4.78, 5) is 31.4. The summed E-state index contributed by atoms with van der Waals surface area (Å²) >= 11 is 0. The van der Waals surface area contributed by atoms with Crippen molar-refractivity contribution < 1.29 is 14.3 Å². The first kappa shape index (κ1) is 28.5. The second-order valence-electron chi connectivity index (χ2n) is 11.1. The minimum Gasteiger partial charge on any atom is -0.497 e. The minimum atomic E-state index is -0.109. The van der Waals surface area contributed by atoms with Gasteiger partial charge in [-0.2, -0.15) is 0 Å². The molecule has 1 aliphatic rings. The molecule has 208 valence electrons. The summed E-state index contributed by atoms with van der Waals surface area (Å²) in [6, 6.07) is 21.9. The molecule has 4 rings (SSSR count). The molecule has 0 radical (unpaired) electrons. The predicted molar refractivity (Wildman–Crippen MR) is 156 cm³/mol. The Kier molecular flexibility index (Phi) is 10.2. The van der Waals surface area contributed by atoms with Crippen LogP contribution in [0.2, 0.25) is 0 Å². The maximum atomic E-state index is 14.0. The van der Waals surface area contributed by atoms with Crippen LogP contribution in [-0.2, 0) is 17.9 Å². The molecule has 39 heavy (non-hydrogen) atoms. The Balaban J connectivity index is 1.54. The van der Waals surface area contributed by atoms with E-state index in [0.717, 1.165) is 44.3 Å². The number of hydrogen-bond donors (Lipinski definition) is 0. The van der Waals surface area contributed by atoms with Gasteiger partial charge in [-0.25, -0.2) is 0 Å². The van der Waals surface area contributed by atoms with Crippen molar-refractivity contribution in [3.8, 4) is 5.75 Å². The van der Waals surface area contributed by atoms with E-state index in [1.807, 2.05) is 6.07 Å². The zero-order valence-corrected chi connectivity index (χ0v) is 23.7. The molecule has 1 aromatic heterocycles. The molecule has 0 aliphatic heterocycles. The van der Waals surface area contributed by atoms with Gasteiger partial charge in [0.1, 0.15) is 12.3 Å². The van der Waals surface area contributed by atoms with E-state index in [4.69, 9.17) is 4.74 Å². The Morgan fingerprint density at radius 1 is 0.949 bits per heavy atom. The molecule has 0 spiro atoms. The van der Waals surface area contributed by atoms with Gasteiger partial charge in [0.05, 0.1) is 13.7 Å². The highest BCUT2D eigenvalue weighted by molar-refractivity contribution is 5.96.